The molecule has 0 spiro atoms. The van der Waals surface area contributed by atoms with Gasteiger partial charge in [-0.05, 0) is 41.8 Å². The molecule has 2 aromatic carbocycles. The summed E-state index contributed by atoms with van der Waals surface area (Å²) in [7, 11) is -3.24. The van der Waals surface area contributed by atoms with Crippen molar-refractivity contribution >= 4 is 50.5 Å². The summed E-state index contributed by atoms with van der Waals surface area (Å²) in [6, 6.07) is 12.3. The van der Waals surface area contributed by atoms with Crippen LogP contribution in [-0.4, -0.2) is 50.9 Å². The SMILES string of the molecule is CS(=O)(=O)CCC1(c2ccc(Cl)c(Cl)c2)CN(C(=O)Cc2cccc(Cl)c2)CCO1. The number of hydrogen-bond donors (Lipinski definition) is 0. The van der Waals surface area contributed by atoms with Crippen molar-refractivity contribution in [1.29, 1.82) is 0 Å². The van der Waals surface area contributed by atoms with Crippen molar-refractivity contribution in [3.63, 3.8) is 0 Å². The van der Waals surface area contributed by atoms with Gasteiger partial charge in [0.2, 0.25) is 5.91 Å². The topological polar surface area (TPSA) is 63.7 Å². The maximum absolute atomic E-state index is 13.0. The molecule has 5 nitrogen and oxygen atoms in total. The van der Waals surface area contributed by atoms with Crippen LogP contribution in [0.2, 0.25) is 15.1 Å². The summed E-state index contributed by atoms with van der Waals surface area (Å²) < 4.78 is 29.8. The molecule has 1 heterocycles. The van der Waals surface area contributed by atoms with E-state index in [9.17, 15) is 13.2 Å². The molecule has 1 aliphatic heterocycles. The van der Waals surface area contributed by atoms with Crippen LogP contribution in [0.25, 0.3) is 0 Å². The molecule has 0 aliphatic carbocycles. The molecule has 0 saturated carbocycles. The lowest BCUT2D eigenvalue weighted by molar-refractivity contribution is -0.152. The number of carbonyl (C=O) groups is 1. The third-order valence-corrected chi connectivity index (χ3v) is 7.03. The van der Waals surface area contributed by atoms with Gasteiger partial charge in [-0.1, -0.05) is 53.0 Å². The Kier molecular flexibility index (Phi) is 7.36. The van der Waals surface area contributed by atoms with E-state index in [4.69, 9.17) is 39.5 Å². The number of rotatable bonds is 6. The second kappa shape index (κ2) is 9.45. The van der Waals surface area contributed by atoms with Crippen LogP contribution in [0.3, 0.4) is 0 Å². The lowest BCUT2D eigenvalue weighted by Gasteiger charge is -2.43. The number of sulfone groups is 1. The van der Waals surface area contributed by atoms with E-state index in [0.29, 0.717) is 27.2 Å². The van der Waals surface area contributed by atoms with E-state index in [-0.39, 0.29) is 37.7 Å². The first-order chi connectivity index (χ1) is 14.1. The zero-order valence-corrected chi connectivity index (χ0v) is 19.5. The van der Waals surface area contributed by atoms with E-state index in [2.05, 4.69) is 0 Å². The molecule has 0 N–H and O–H groups in total. The average molecular weight is 491 g/mol. The first kappa shape index (κ1) is 23.4. The van der Waals surface area contributed by atoms with E-state index in [1.807, 2.05) is 6.07 Å². The Bertz CT molecular complexity index is 1040. The monoisotopic (exact) mass is 489 g/mol. The Morgan fingerprint density at radius 2 is 1.90 bits per heavy atom. The van der Waals surface area contributed by atoms with Crippen LogP contribution < -0.4 is 0 Å². The second-order valence-electron chi connectivity index (χ2n) is 7.47. The fraction of sp³-hybridized carbons (Fsp3) is 0.381. The van der Waals surface area contributed by atoms with Gasteiger partial charge in [0.1, 0.15) is 15.4 Å². The predicted molar refractivity (Wildman–Crippen MR) is 120 cm³/mol. The molecular formula is C21H22Cl3NO4S. The highest BCUT2D eigenvalue weighted by Gasteiger charge is 2.40. The lowest BCUT2D eigenvalue weighted by atomic mass is 9.88. The molecule has 162 valence electrons. The number of amides is 1. The van der Waals surface area contributed by atoms with Crippen LogP contribution >= 0.6 is 34.8 Å². The summed E-state index contributed by atoms with van der Waals surface area (Å²) in [5, 5.41) is 1.31. The standard InChI is InChI=1S/C21H22Cl3NO4S/c1-30(27,28)10-7-21(16-5-6-18(23)19(24)13-16)14-25(8-9-29-21)20(26)12-15-3-2-4-17(22)11-15/h2-6,11,13H,7-10,12,14H2,1H3. The summed E-state index contributed by atoms with van der Waals surface area (Å²) in [5.41, 5.74) is 0.524. The Morgan fingerprint density at radius 3 is 2.57 bits per heavy atom. The fourth-order valence-electron chi connectivity index (χ4n) is 3.53. The quantitative estimate of drug-likeness (QED) is 0.603. The van der Waals surface area contributed by atoms with Crippen molar-refractivity contribution in [3.05, 3.63) is 68.7 Å². The van der Waals surface area contributed by atoms with Gasteiger partial charge in [0.15, 0.2) is 0 Å². The third-order valence-electron chi connectivity index (χ3n) is 5.11. The van der Waals surface area contributed by atoms with E-state index >= 15 is 0 Å². The highest BCUT2D eigenvalue weighted by Crippen LogP contribution is 2.37. The van der Waals surface area contributed by atoms with Crippen LogP contribution in [0, 0.1) is 0 Å². The van der Waals surface area contributed by atoms with Crippen molar-refractivity contribution < 1.29 is 17.9 Å². The molecule has 1 aliphatic rings. The van der Waals surface area contributed by atoms with Crippen molar-refractivity contribution in [2.24, 2.45) is 0 Å². The Labute approximate surface area is 191 Å². The van der Waals surface area contributed by atoms with Crippen molar-refractivity contribution in [3.8, 4) is 0 Å². The maximum Gasteiger partial charge on any atom is 0.227 e. The highest BCUT2D eigenvalue weighted by atomic mass is 35.5. The summed E-state index contributed by atoms with van der Waals surface area (Å²) >= 11 is 18.3. The van der Waals surface area contributed by atoms with Crippen LogP contribution in [0.4, 0.5) is 0 Å². The van der Waals surface area contributed by atoms with Gasteiger partial charge in [0, 0.05) is 17.8 Å². The van der Waals surface area contributed by atoms with Gasteiger partial charge in [0.05, 0.1) is 35.4 Å². The lowest BCUT2D eigenvalue weighted by Crippen LogP contribution is -2.53. The van der Waals surface area contributed by atoms with Crippen molar-refractivity contribution in [2.75, 3.05) is 31.7 Å². The number of morpholine rings is 1. The second-order valence-corrected chi connectivity index (χ2v) is 11.0. The van der Waals surface area contributed by atoms with Gasteiger partial charge < -0.3 is 9.64 Å². The van der Waals surface area contributed by atoms with Gasteiger partial charge in [-0.3, -0.25) is 4.79 Å². The molecule has 1 amide bonds. The molecule has 1 fully saturated rings. The predicted octanol–water partition coefficient (Wildman–Crippen LogP) is 4.38. The third kappa shape index (κ3) is 5.89. The molecule has 3 rings (SSSR count). The van der Waals surface area contributed by atoms with E-state index in [0.717, 1.165) is 5.56 Å². The zero-order valence-electron chi connectivity index (χ0n) is 16.4. The molecule has 2 aromatic rings. The van der Waals surface area contributed by atoms with E-state index in [1.165, 1.54) is 6.26 Å². The molecule has 1 saturated heterocycles. The summed E-state index contributed by atoms with van der Waals surface area (Å²) in [6.07, 6.45) is 1.58. The molecule has 0 bridgehead atoms. The van der Waals surface area contributed by atoms with Crippen LogP contribution in [0.1, 0.15) is 17.5 Å². The molecule has 1 unspecified atom stereocenters. The average Bonchev–Trinajstić information content (AvgIpc) is 2.68. The van der Waals surface area contributed by atoms with Crippen molar-refractivity contribution in [1.82, 2.24) is 4.90 Å². The van der Waals surface area contributed by atoms with E-state index < -0.39 is 15.4 Å². The fourth-order valence-corrected chi connectivity index (χ4v) is 4.74. The molecular weight excluding hydrogens is 469 g/mol. The minimum absolute atomic E-state index is 0.0793. The zero-order chi connectivity index (χ0) is 21.9. The highest BCUT2D eigenvalue weighted by molar-refractivity contribution is 7.90. The summed E-state index contributed by atoms with van der Waals surface area (Å²) in [6.45, 7) is 0.923. The van der Waals surface area contributed by atoms with Gasteiger partial charge >= 0.3 is 0 Å². The smallest absolute Gasteiger partial charge is 0.227 e. The van der Waals surface area contributed by atoms with Crippen molar-refractivity contribution in [2.45, 2.75) is 18.4 Å². The number of nitrogens with zero attached hydrogens (tertiary/aromatic N) is 1. The summed E-state index contributed by atoms with van der Waals surface area (Å²) in [5.74, 6) is -0.159. The summed E-state index contributed by atoms with van der Waals surface area (Å²) in [4.78, 5) is 14.7. The Balaban J connectivity index is 1.88. The molecule has 9 heteroatoms. The maximum atomic E-state index is 13.0. The molecule has 0 radical (unpaired) electrons. The number of carbonyl (C=O) groups excluding carboxylic acids is 1. The van der Waals surface area contributed by atoms with Crippen LogP contribution in [0.5, 0.6) is 0 Å². The number of halogens is 3. The van der Waals surface area contributed by atoms with Crippen LogP contribution in [-0.2, 0) is 31.4 Å². The number of ether oxygens (including phenoxy) is 1. The number of benzene rings is 2. The van der Waals surface area contributed by atoms with Gasteiger partial charge in [0.25, 0.3) is 0 Å². The number of hydrogen-bond acceptors (Lipinski definition) is 4. The first-order valence-electron chi connectivity index (χ1n) is 9.37. The van der Waals surface area contributed by atoms with E-state index in [1.54, 1.807) is 41.3 Å². The normalized spacial score (nSPS) is 19.7. The molecule has 30 heavy (non-hydrogen) atoms. The minimum atomic E-state index is -3.24. The minimum Gasteiger partial charge on any atom is -0.367 e. The Morgan fingerprint density at radius 1 is 1.13 bits per heavy atom. The van der Waals surface area contributed by atoms with Gasteiger partial charge in [-0.2, -0.15) is 0 Å². The molecule has 0 aromatic heterocycles. The van der Waals surface area contributed by atoms with Gasteiger partial charge in [-0.15, -0.1) is 0 Å². The van der Waals surface area contributed by atoms with Crippen LogP contribution in [0.15, 0.2) is 42.5 Å². The first-order valence-corrected chi connectivity index (χ1v) is 12.6. The largest absolute Gasteiger partial charge is 0.367 e. The Hall–Kier alpha value is -1.31. The van der Waals surface area contributed by atoms with Gasteiger partial charge in [-0.25, -0.2) is 8.42 Å². The molecule has 1 atom stereocenters.